The van der Waals surface area contributed by atoms with E-state index < -0.39 is 97.5 Å². The molecule has 0 spiro atoms. The topological polar surface area (TPSA) is 237 Å². The van der Waals surface area contributed by atoms with E-state index in [4.69, 9.17) is 37.0 Å². The molecule has 0 amide bonds. The Labute approximate surface area is 588 Å². The fourth-order valence-electron chi connectivity index (χ4n) is 11.7. The van der Waals surface area contributed by atoms with Gasteiger partial charge in [-0.25, -0.2) is 9.13 Å². The zero-order chi connectivity index (χ0) is 71.0. The lowest BCUT2D eigenvalue weighted by atomic mass is 10.00. The fraction of sp³-hybridized carbons (Fsp3) is 0.948. The third-order valence-corrected chi connectivity index (χ3v) is 20.1. The number of hydrogen-bond donors (Lipinski definition) is 3. The third-order valence-electron chi connectivity index (χ3n) is 18.2. The number of esters is 4. The first-order valence-electron chi connectivity index (χ1n) is 39.7. The van der Waals surface area contributed by atoms with Crippen molar-refractivity contribution in [1.82, 2.24) is 0 Å². The minimum Gasteiger partial charge on any atom is -0.462 e. The van der Waals surface area contributed by atoms with Gasteiger partial charge >= 0.3 is 39.5 Å². The second kappa shape index (κ2) is 66.3. The number of phosphoric ester groups is 2. The number of carbonyl (C=O) groups excluding carboxylic acids is 4. The normalized spacial score (nSPS) is 14.4. The van der Waals surface area contributed by atoms with Gasteiger partial charge in [0.25, 0.3) is 0 Å². The summed E-state index contributed by atoms with van der Waals surface area (Å²) in [6.07, 6.45) is 51.7. The molecular formula is C77H150O17P2. The van der Waals surface area contributed by atoms with Crippen molar-refractivity contribution in [3.8, 4) is 0 Å². The highest BCUT2D eigenvalue weighted by molar-refractivity contribution is 7.47. The molecule has 96 heavy (non-hydrogen) atoms. The number of rotatable bonds is 74. The molecule has 0 fully saturated rings. The van der Waals surface area contributed by atoms with Crippen LogP contribution in [-0.4, -0.2) is 96.7 Å². The van der Waals surface area contributed by atoms with E-state index in [1.165, 1.54) is 180 Å². The zero-order valence-electron chi connectivity index (χ0n) is 63.0. The summed E-state index contributed by atoms with van der Waals surface area (Å²) in [7, 11) is -9.91. The third kappa shape index (κ3) is 69.2. The largest absolute Gasteiger partial charge is 0.472 e. The van der Waals surface area contributed by atoms with Gasteiger partial charge in [0.2, 0.25) is 0 Å². The van der Waals surface area contributed by atoms with Gasteiger partial charge in [-0.05, 0) is 49.4 Å². The van der Waals surface area contributed by atoms with E-state index in [0.29, 0.717) is 31.6 Å². The molecule has 570 valence electrons. The van der Waals surface area contributed by atoms with Crippen molar-refractivity contribution < 1.29 is 80.2 Å². The molecule has 0 rings (SSSR count). The van der Waals surface area contributed by atoms with E-state index in [1.54, 1.807) is 0 Å². The van der Waals surface area contributed by atoms with E-state index in [-0.39, 0.29) is 25.7 Å². The molecule has 17 nitrogen and oxygen atoms in total. The van der Waals surface area contributed by atoms with Gasteiger partial charge in [-0.2, -0.15) is 0 Å². The Kier molecular flexibility index (Phi) is 65.0. The fourth-order valence-corrected chi connectivity index (χ4v) is 13.3. The van der Waals surface area contributed by atoms with E-state index >= 15 is 0 Å². The van der Waals surface area contributed by atoms with Crippen LogP contribution in [0.15, 0.2) is 0 Å². The van der Waals surface area contributed by atoms with Gasteiger partial charge in [0, 0.05) is 25.7 Å². The predicted octanol–water partition coefficient (Wildman–Crippen LogP) is 22.4. The standard InChI is InChI=1S/C77H150O17P2/c1-9-70(8)56-48-40-34-36-42-50-58-75(80)88-64-73(94-77(82)59-51-43-31-27-23-19-15-13-11-10-12-14-17-21-25-29-37-45-53-67(2)3)66-92-96(85,86)90-62-71(78)61-89-95(83,84)91-65-72(63-87-74(79)57-49-41-35-33-39-47-55-69(6)7)93-76(81)60-52-44-32-28-24-20-16-18-22-26-30-38-46-54-68(4)5/h67-73,78H,9-66H2,1-8H3,(H,83,84)(H,85,86)/t70?,71-,72-,73-/m1/s1. The molecule has 0 aromatic heterocycles. The molecular weight excluding hydrogens is 1260 g/mol. The van der Waals surface area contributed by atoms with Gasteiger partial charge in [-0.15, -0.1) is 0 Å². The summed E-state index contributed by atoms with van der Waals surface area (Å²) in [6, 6.07) is 0. The summed E-state index contributed by atoms with van der Waals surface area (Å²) in [4.78, 5) is 72.8. The summed E-state index contributed by atoms with van der Waals surface area (Å²) in [5.74, 6) is 0.894. The molecule has 0 bridgehead atoms. The maximum Gasteiger partial charge on any atom is 0.472 e. The summed E-state index contributed by atoms with van der Waals surface area (Å²) in [5.41, 5.74) is 0. The van der Waals surface area contributed by atoms with Crippen LogP contribution in [0.3, 0.4) is 0 Å². The van der Waals surface area contributed by atoms with Gasteiger partial charge in [0.15, 0.2) is 12.2 Å². The van der Waals surface area contributed by atoms with E-state index in [1.807, 2.05) is 0 Å². The van der Waals surface area contributed by atoms with Gasteiger partial charge in [0.05, 0.1) is 26.4 Å². The van der Waals surface area contributed by atoms with Crippen molar-refractivity contribution in [3.63, 3.8) is 0 Å². The molecule has 0 aromatic rings. The summed E-state index contributed by atoms with van der Waals surface area (Å²) >= 11 is 0. The molecule has 3 unspecified atom stereocenters. The molecule has 6 atom stereocenters. The second-order valence-corrected chi connectivity index (χ2v) is 32.3. The van der Waals surface area contributed by atoms with Crippen LogP contribution in [-0.2, 0) is 65.4 Å². The van der Waals surface area contributed by atoms with Crippen molar-refractivity contribution in [2.45, 2.75) is 408 Å². The highest BCUT2D eigenvalue weighted by Crippen LogP contribution is 2.45. The average Bonchev–Trinajstić information content (AvgIpc) is 1.21. The predicted molar refractivity (Wildman–Crippen MR) is 391 cm³/mol. The highest BCUT2D eigenvalue weighted by Gasteiger charge is 2.30. The lowest BCUT2D eigenvalue weighted by Gasteiger charge is -2.21. The number of phosphoric acid groups is 2. The number of carbonyl (C=O) groups is 4. The Morgan fingerprint density at radius 3 is 0.740 bits per heavy atom. The van der Waals surface area contributed by atoms with Crippen LogP contribution in [0.25, 0.3) is 0 Å². The van der Waals surface area contributed by atoms with Crippen LogP contribution in [0.4, 0.5) is 0 Å². The number of aliphatic hydroxyl groups is 1. The number of hydrogen-bond acceptors (Lipinski definition) is 15. The Bertz CT molecular complexity index is 1890. The molecule has 0 heterocycles. The molecule has 0 aliphatic rings. The molecule has 0 aliphatic carbocycles. The van der Waals surface area contributed by atoms with Crippen molar-refractivity contribution >= 4 is 39.5 Å². The Balaban J connectivity index is 5.17. The van der Waals surface area contributed by atoms with E-state index in [2.05, 4.69) is 55.4 Å². The smallest absolute Gasteiger partial charge is 0.462 e. The summed E-state index contributed by atoms with van der Waals surface area (Å²) in [6.45, 7) is 14.1. The molecule has 0 saturated carbocycles. The average molecular weight is 1410 g/mol. The monoisotopic (exact) mass is 1410 g/mol. The van der Waals surface area contributed by atoms with Crippen molar-refractivity contribution in [2.24, 2.45) is 23.7 Å². The molecule has 19 heteroatoms. The van der Waals surface area contributed by atoms with Crippen LogP contribution in [0, 0.1) is 23.7 Å². The molecule has 0 saturated heterocycles. The van der Waals surface area contributed by atoms with Gasteiger partial charge in [-0.1, -0.05) is 338 Å². The van der Waals surface area contributed by atoms with Gasteiger partial charge in [0.1, 0.15) is 19.3 Å². The molecule has 0 radical (unpaired) electrons. The van der Waals surface area contributed by atoms with Crippen LogP contribution in [0.5, 0.6) is 0 Å². The number of unbranched alkanes of at least 4 members (excludes halogenated alkanes) is 39. The lowest BCUT2D eigenvalue weighted by molar-refractivity contribution is -0.161. The maximum atomic E-state index is 13.1. The molecule has 0 aromatic carbocycles. The quantitative estimate of drug-likeness (QED) is 0.0222. The minimum atomic E-state index is -4.96. The number of aliphatic hydroxyl groups excluding tert-OH is 1. The van der Waals surface area contributed by atoms with Crippen molar-refractivity contribution in [1.29, 1.82) is 0 Å². The van der Waals surface area contributed by atoms with Crippen LogP contribution in [0.1, 0.15) is 389 Å². The first-order chi connectivity index (χ1) is 46.1. The van der Waals surface area contributed by atoms with E-state index in [0.717, 1.165) is 120 Å². The summed E-state index contributed by atoms with van der Waals surface area (Å²) in [5, 5.41) is 10.6. The van der Waals surface area contributed by atoms with Crippen LogP contribution >= 0.6 is 15.6 Å². The van der Waals surface area contributed by atoms with Crippen LogP contribution in [0.2, 0.25) is 0 Å². The van der Waals surface area contributed by atoms with Crippen LogP contribution < -0.4 is 0 Å². The highest BCUT2D eigenvalue weighted by atomic mass is 31.2. The van der Waals surface area contributed by atoms with E-state index in [9.17, 15) is 43.2 Å². The first kappa shape index (κ1) is 94.1. The van der Waals surface area contributed by atoms with Gasteiger partial charge in [-0.3, -0.25) is 37.3 Å². The van der Waals surface area contributed by atoms with Crippen molar-refractivity contribution in [3.05, 3.63) is 0 Å². The first-order valence-corrected chi connectivity index (χ1v) is 42.7. The molecule has 0 aliphatic heterocycles. The lowest BCUT2D eigenvalue weighted by Crippen LogP contribution is -2.30. The Morgan fingerprint density at radius 2 is 0.500 bits per heavy atom. The summed E-state index contributed by atoms with van der Waals surface area (Å²) < 4.78 is 68.5. The number of ether oxygens (including phenoxy) is 4. The van der Waals surface area contributed by atoms with Crippen molar-refractivity contribution in [2.75, 3.05) is 39.6 Å². The SMILES string of the molecule is CCC(C)CCCCCCCCC(=O)OC[C@H](COP(=O)(O)OC[C@H](O)COP(=O)(O)OC[C@@H](COC(=O)CCCCCCCCC(C)C)OC(=O)CCCCCCCCCCCCCCCC(C)C)OC(=O)CCCCCCCCCCCCCCCCCCCCC(C)C. The second-order valence-electron chi connectivity index (χ2n) is 29.4. The molecule has 3 N–H and O–H groups in total. The Morgan fingerprint density at radius 1 is 0.292 bits per heavy atom. The minimum absolute atomic E-state index is 0.106. The van der Waals surface area contributed by atoms with Gasteiger partial charge < -0.3 is 33.8 Å². The zero-order valence-corrected chi connectivity index (χ0v) is 64.8. The maximum absolute atomic E-state index is 13.1. The Hall–Kier alpha value is -1.94.